The fraction of sp³-hybridized carbons (Fsp3) is 0.226. The first kappa shape index (κ1) is 45.2. The maximum atomic E-state index is 15.7. The van der Waals surface area contributed by atoms with Crippen molar-refractivity contribution in [3.8, 4) is 0 Å². The van der Waals surface area contributed by atoms with Gasteiger partial charge in [0, 0.05) is 63.8 Å². The van der Waals surface area contributed by atoms with Gasteiger partial charge >= 0.3 is 6.03 Å². The lowest BCUT2D eigenvalue weighted by molar-refractivity contribution is -0.0408. The second kappa shape index (κ2) is 19.5. The van der Waals surface area contributed by atoms with Gasteiger partial charge in [-0.1, -0.05) is 72.8 Å². The monoisotopic (exact) mass is 910 g/mol. The fourth-order valence-electron chi connectivity index (χ4n) is 8.85. The van der Waals surface area contributed by atoms with Crippen molar-refractivity contribution in [2.24, 2.45) is 0 Å². The summed E-state index contributed by atoms with van der Waals surface area (Å²) in [6, 6.07) is 42.5. The average molecular weight is 911 g/mol. The van der Waals surface area contributed by atoms with Crippen LogP contribution in [-0.2, 0) is 25.9 Å². The summed E-state index contributed by atoms with van der Waals surface area (Å²) in [5.41, 5.74) is 8.63. The predicted molar refractivity (Wildman–Crippen MR) is 266 cm³/mol. The van der Waals surface area contributed by atoms with Gasteiger partial charge in [0.2, 0.25) is 11.9 Å². The summed E-state index contributed by atoms with van der Waals surface area (Å²) in [5.74, 6) is -0.189. The van der Waals surface area contributed by atoms with Gasteiger partial charge in [-0.05, 0) is 108 Å². The topological polar surface area (TPSA) is 186 Å². The van der Waals surface area contributed by atoms with Crippen LogP contribution in [0.4, 0.5) is 28.1 Å². The maximum Gasteiger partial charge on any atom is 0.321 e. The molecule has 15 nitrogen and oxygen atoms in total. The van der Waals surface area contributed by atoms with Gasteiger partial charge in [-0.3, -0.25) is 20.2 Å². The number of aliphatic hydroxyl groups excluding tert-OH is 2. The van der Waals surface area contributed by atoms with E-state index in [2.05, 4.69) is 30.6 Å². The summed E-state index contributed by atoms with van der Waals surface area (Å²) in [5, 5.41) is 30.7. The first-order chi connectivity index (χ1) is 32.9. The number of hydrogen-bond donors (Lipinski definition) is 6. The number of fused-ring (bicyclic) bond motifs is 2. The number of imidazole rings is 2. The molecule has 3 heterocycles. The van der Waals surface area contributed by atoms with E-state index in [0.717, 1.165) is 33.5 Å². The van der Waals surface area contributed by atoms with Crippen molar-refractivity contribution in [2.45, 2.75) is 50.2 Å². The molecular weight excluding hydrogens is 857 g/mol. The number of benzene rings is 6. The maximum absolute atomic E-state index is 15.7. The molecule has 0 radical (unpaired) electrons. The van der Waals surface area contributed by atoms with E-state index in [-0.39, 0.29) is 25.9 Å². The second-order valence-corrected chi connectivity index (χ2v) is 17.7. The highest BCUT2D eigenvalue weighted by Crippen LogP contribution is 2.31. The minimum atomic E-state index is -1.40. The second-order valence-electron chi connectivity index (χ2n) is 17.7. The number of carbonyl (C=O) groups excluding carboxylic acids is 3. The first-order valence-electron chi connectivity index (χ1n) is 22.5. The zero-order valence-electron chi connectivity index (χ0n) is 38.3. The molecule has 1 aliphatic heterocycles. The third-order valence-corrected chi connectivity index (χ3v) is 12.6. The molecule has 6 aromatic carbocycles. The molecule has 346 valence electrons. The number of aromatic amines is 2. The number of nitrogens with one attached hydrogen (secondary N) is 4. The summed E-state index contributed by atoms with van der Waals surface area (Å²) in [7, 11) is 7.82. The highest BCUT2D eigenvalue weighted by atomic mass is 16.3. The molecule has 1 saturated heterocycles. The normalized spacial score (nSPS) is 17.3. The molecule has 4 atom stereocenters. The van der Waals surface area contributed by atoms with Crippen LogP contribution >= 0.6 is 0 Å². The Balaban J connectivity index is 1.07. The fourth-order valence-corrected chi connectivity index (χ4v) is 8.85. The largest absolute Gasteiger partial charge is 0.388 e. The molecule has 9 rings (SSSR count). The minimum Gasteiger partial charge on any atom is -0.388 e. The zero-order chi connectivity index (χ0) is 47.5. The highest BCUT2D eigenvalue weighted by molar-refractivity contribution is 6.04. The summed E-state index contributed by atoms with van der Waals surface area (Å²) in [6.45, 7) is -0.00890. The van der Waals surface area contributed by atoms with E-state index in [1.807, 2.05) is 147 Å². The van der Waals surface area contributed by atoms with Crippen molar-refractivity contribution in [3.63, 3.8) is 0 Å². The number of hydrogen-bond acceptors (Lipinski definition) is 9. The van der Waals surface area contributed by atoms with Crippen LogP contribution in [0.25, 0.3) is 22.1 Å². The average Bonchev–Trinajstić information content (AvgIpc) is 3.95. The van der Waals surface area contributed by atoms with E-state index in [0.29, 0.717) is 45.2 Å². The van der Waals surface area contributed by atoms with Gasteiger partial charge in [-0.25, -0.2) is 14.8 Å². The third kappa shape index (κ3) is 9.89. The van der Waals surface area contributed by atoms with E-state index >= 15 is 4.79 Å². The molecule has 15 heteroatoms. The summed E-state index contributed by atoms with van der Waals surface area (Å²) < 4.78 is 0. The molecule has 0 spiro atoms. The van der Waals surface area contributed by atoms with Crippen molar-refractivity contribution in [1.29, 1.82) is 0 Å². The minimum absolute atomic E-state index is 0.00445. The van der Waals surface area contributed by atoms with Crippen LogP contribution in [0.2, 0.25) is 0 Å². The lowest BCUT2D eigenvalue weighted by atomic mass is 9.90. The number of amides is 4. The van der Waals surface area contributed by atoms with Crippen LogP contribution in [-0.4, -0.2) is 110 Å². The molecule has 0 bridgehead atoms. The standard InChI is InChI=1S/C53H54N10O5/c1-60(2)39-23-19-33(20-24-39)29-45-47(64)48(65)46(30-34-21-25-40(26-22-34)61(3)4)63(32-36-12-10-14-38(28-36)50(67)59-52-56-43-17-7-8-18-44(43)57-52)53(68)62(45)31-35-11-9-13-37(27-35)49(66)58-51-54-41-15-5-6-16-42(41)55-51/h5-28,45-48,64-65H,29-32H2,1-4H3,(H2,54,55,58,66)(H2,56,57,59,67)/t45-,46-,47+,48+/m1/s1. The molecule has 0 saturated carbocycles. The van der Waals surface area contributed by atoms with Crippen molar-refractivity contribution in [3.05, 3.63) is 179 Å². The van der Waals surface area contributed by atoms with Gasteiger partial charge in [0.1, 0.15) is 12.2 Å². The Kier molecular flexibility index (Phi) is 12.9. The van der Waals surface area contributed by atoms with Crippen LogP contribution < -0.4 is 20.4 Å². The number of urea groups is 1. The van der Waals surface area contributed by atoms with Crippen LogP contribution in [0.3, 0.4) is 0 Å². The smallest absolute Gasteiger partial charge is 0.321 e. The van der Waals surface area contributed by atoms with Gasteiger partial charge in [-0.2, -0.15) is 0 Å². The van der Waals surface area contributed by atoms with Crippen LogP contribution in [0, 0.1) is 0 Å². The third-order valence-electron chi connectivity index (χ3n) is 12.6. The van der Waals surface area contributed by atoms with Crippen LogP contribution in [0.15, 0.2) is 146 Å². The van der Waals surface area contributed by atoms with E-state index in [1.165, 1.54) is 0 Å². The summed E-state index contributed by atoms with van der Waals surface area (Å²) in [6.07, 6.45) is -2.35. The highest BCUT2D eigenvalue weighted by Gasteiger charge is 2.46. The molecule has 68 heavy (non-hydrogen) atoms. The van der Waals surface area contributed by atoms with E-state index < -0.39 is 42.1 Å². The SMILES string of the molecule is CN(C)c1ccc(C[C@@H]2[C@H](O)[C@@H](O)[C@@H](Cc3ccc(N(C)C)cc3)N(Cc3cccc(C(=O)Nc4nc5ccccc5[nH]4)c3)C(=O)N2Cc2cccc(C(=O)Nc3nc4ccccc4[nH]3)c2)cc1. The molecular formula is C53H54N10O5. The molecule has 0 unspecified atom stereocenters. The Morgan fingerprint density at radius 1 is 0.544 bits per heavy atom. The van der Waals surface area contributed by atoms with Crippen LogP contribution in [0.1, 0.15) is 43.0 Å². The number of aliphatic hydroxyl groups is 2. The Morgan fingerprint density at radius 3 is 1.32 bits per heavy atom. The molecule has 8 aromatic rings. The number of aromatic nitrogens is 4. The molecule has 2 aromatic heterocycles. The van der Waals surface area contributed by atoms with Crippen LogP contribution in [0.5, 0.6) is 0 Å². The lowest BCUT2D eigenvalue weighted by Crippen LogP contribution is -2.50. The lowest BCUT2D eigenvalue weighted by Gasteiger charge is -2.36. The first-order valence-corrected chi connectivity index (χ1v) is 22.5. The van der Waals surface area contributed by atoms with Crippen molar-refractivity contribution < 1.29 is 24.6 Å². The van der Waals surface area contributed by atoms with E-state index in [4.69, 9.17) is 0 Å². The Bertz CT molecular complexity index is 2800. The molecule has 0 aliphatic carbocycles. The number of anilines is 4. The quantitative estimate of drug-likeness (QED) is 0.0645. The molecule has 1 fully saturated rings. The number of para-hydroxylation sites is 4. The van der Waals surface area contributed by atoms with E-state index in [9.17, 15) is 19.8 Å². The Morgan fingerprint density at radius 2 is 0.941 bits per heavy atom. The van der Waals surface area contributed by atoms with Gasteiger partial charge < -0.3 is 39.8 Å². The summed E-state index contributed by atoms with van der Waals surface area (Å²) in [4.78, 5) is 65.5. The van der Waals surface area contributed by atoms with Gasteiger partial charge in [0.25, 0.3) is 11.8 Å². The summed E-state index contributed by atoms with van der Waals surface area (Å²) >= 11 is 0. The number of rotatable bonds is 14. The zero-order valence-corrected chi connectivity index (χ0v) is 38.3. The molecule has 6 N–H and O–H groups in total. The Hall–Kier alpha value is -8.01. The van der Waals surface area contributed by atoms with Crippen molar-refractivity contribution in [1.82, 2.24) is 29.7 Å². The molecule has 4 amide bonds. The van der Waals surface area contributed by atoms with E-state index in [1.54, 1.807) is 46.2 Å². The van der Waals surface area contributed by atoms with Gasteiger partial charge in [0.05, 0.1) is 34.2 Å². The predicted octanol–water partition coefficient (Wildman–Crippen LogP) is 7.46. The number of nitrogens with zero attached hydrogens (tertiary/aromatic N) is 6. The van der Waals surface area contributed by atoms with Gasteiger partial charge in [-0.15, -0.1) is 0 Å². The number of carbonyl (C=O) groups is 3. The van der Waals surface area contributed by atoms with Gasteiger partial charge in [0.15, 0.2) is 0 Å². The number of H-pyrrole nitrogens is 2. The Labute approximate surface area is 394 Å². The van der Waals surface area contributed by atoms with Crippen molar-refractivity contribution >= 4 is 63.2 Å². The van der Waals surface area contributed by atoms with Crippen molar-refractivity contribution in [2.75, 3.05) is 48.6 Å². The molecule has 1 aliphatic rings.